The van der Waals surface area contributed by atoms with E-state index in [-0.39, 0.29) is 11.8 Å². The van der Waals surface area contributed by atoms with Gasteiger partial charge in [-0.05, 0) is 18.2 Å². The van der Waals surface area contributed by atoms with Crippen LogP contribution < -0.4 is 10.1 Å². The summed E-state index contributed by atoms with van der Waals surface area (Å²) in [4.78, 5) is 27.1. The Labute approximate surface area is 141 Å². The minimum Gasteiger partial charge on any atom is -0.495 e. The number of ether oxygens (including phenoxy) is 1. The largest absolute Gasteiger partial charge is 0.495 e. The Kier molecular flexibility index (Phi) is 6.10. The molecule has 1 aromatic carbocycles. The predicted molar refractivity (Wildman–Crippen MR) is 89.9 cm³/mol. The molecule has 1 aromatic rings. The van der Waals surface area contributed by atoms with E-state index in [4.69, 9.17) is 16.3 Å². The van der Waals surface area contributed by atoms with Crippen LogP contribution in [0.5, 0.6) is 5.75 Å². The maximum atomic E-state index is 12.2. The number of amides is 2. The first kappa shape index (κ1) is 17.4. The summed E-state index contributed by atoms with van der Waals surface area (Å²) in [5, 5.41) is 3.79. The van der Waals surface area contributed by atoms with Crippen molar-refractivity contribution in [3.05, 3.63) is 23.2 Å². The van der Waals surface area contributed by atoms with Crippen molar-refractivity contribution in [2.75, 3.05) is 45.2 Å². The highest BCUT2D eigenvalue weighted by molar-refractivity contribution is 6.30. The minimum absolute atomic E-state index is 0.0619. The highest BCUT2D eigenvalue weighted by atomic mass is 35.5. The zero-order chi connectivity index (χ0) is 16.8. The van der Waals surface area contributed by atoms with Gasteiger partial charge in [-0.3, -0.25) is 9.59 Å². The smallest absolute Gasteiger partial charge is 0.224 e. The lowest BCUT2D eigenvalue weighted by atomic mass is 10.2. The number of benzene rings is 1. The normalized spacial score (nSPS) is 14.6. The van der Waals surface area contributed by atoms with Crippen molar-refractivity contribution in [3.63, 3.8) is 0 Å². The molecule has 2 amide bonds. The summed E-state index contributed by atoms with van der Waals surface area (Å²) in [5.74, 6) is 0.838. The lowest BCUT2D eigenvalue weighted by molar-refractivity contribution is -0.138. The van der Waals surface area contributed by atoms with Gasteiger partial charge in [0.05, 0.1) is 12.8 Å². The molecule has 0 aromatic heterocycles. The Morgan fingerprint density at radius 2 is 1.87 bits per heavy atom. The number of hydrogen-bond acceptors (Lipinski definition) is 4. The van der Waals surface area contributed by atoms with Gasteiger partial charge in [0.15, 0.2) is 0 Å². The maximum absolute atomic E-state index is 12.2. The number of nitrogens with one attached hydrogen (secondary N) is 1. The van der Waals surface area contributed by atoms with Crippen LogP contribution in [0.3, 0.4) is 0 Å². The molecule has 0 spiro atoms. The number of piperazine rings is 1. The van der Waals surface area contributed by atoms with E-state index in [1.54, 1.807) is 42.0 Å². The first-order chi connectivity index (χ1) is 11.0. The third-order valence-corrected chi connectivity index (χ3v) is 4.13. The zero-order valence-corrected chi connectivity index (χ0v) is 14.2. The average molecular weight is 340 g/mol. The number of halogens is 1. The fourth-order valence-corrected chi connectivity index (χ4v) is 2.72. The molecule has 7 heteroatoms. The van der Waals surface area contributed by atoms with Crippen LogP contribution in [0.25, 0.3) is 0 Å². The molecule has 1 heterocycles. The van der Waals surface area contributed by atoms with E-state index in [0.29, 0.717) is 49.9 Å². The van der Waals surface area contributed by atoms with Gasteiger partial charge in [0, 0.05) is 51.1 Å². The zero-order valence-electron chi connectivity index (χ0n) is 13.5. The van der Waals surface area contributed by atoms with E-state index in [2.05, 4.69) is 5.32 Å². The molecule has 1 fully saturated rings. The topological polar surface area (TPSA) is 61.9 Å². The van der Waals surface area contributed by atoms with Crippen LogP contribution in [-0.4, -0.2) is 61.4 Å². The molecule has 1 N–H and O–H groups in total. The number of hydrogen-bond donors (Lipinski definition) is 1. The van der Waals surface area contributed by atoms with Crippen molar-refractivity contribution in [3.8, 4) is 5.75 Å². The van der Waals surface area contributed by atoms with Gasteiger partial charge in [0.2, 0.25) is 11.8 Å². The quantitative estimate of drug-likeness (QED) is 0.889. The van der Waals surface area contributed by atoms with Gasteiger partial charge in [-0.25, -0.2) is 0 Å². The second-order valence-corrected chi connectivity index (χ2v) is 5.84. The molecule has 0 radical (unpaired) electrons. The lowest BCUT2D eigenvalue weighted by Gasteiger charge is -2.34. The predicted octanol–water partition coefficient (Wildman–Crippen LogP) is 1.84. The third-order valence-electron chi connectivity index (χ3n) is 3.89. The molecule has 0 unspecified atom stereocenters. The number of methoxy groups -OCH3 is 1. The van der Waals surface area contributed by atoms with Gasteiger partial charge in [0.1, 0.15) is 5.75 Å². The molecular formula is C16H22ClN3O3. The van der Waals surface area contributed by atoms with E-state index < -0.39 is 0 Å². The van der Waals surface area contributed by atoms with Gasteiger partial charge in [0.25, 0.3) is 0 Å². The van der Waals surface area contributed by atoms with E-state index in [1.807, 2.05) is 0 Å². The molecule has 23 heavy (non-hydrogen) atoms. The highest BCUT2D eigenvalue weighted by Gasteiger charge is 2.21. The Balaban J connectivity index is 1.79. The van der Waals surface area contributed by atoms with Crippen molar-refractivity contribution in [2.45, 2.75) is 13.3 Å². The monoisotopic (exact) mass is 339 g/mol. The minimum atomic E-state index is 0.0619. The summed E-state index contributed by atoms with van der Waals surface area (Å²) in [7, 11) is 1.59. The van der Waals surface area contributed by atoms with Crippen LogP contribution in [0.4, 0.5) is 5.69 Å². The van der Waals surface area contributed by atoms with Crippen LogP contribution >= 0.6 is 11.6 Å². The number of nitrogens with zero attached hydrogens (tertiary/aromatic N) is 2. The number of carbonyl (C=O) groups excluding carboxylic acids is 2. The van der Waals surface area contributed by atoms with E-state index in [9.17, 15) is 9.59 Å². The van der Waals surface area contributed by atoms with Crippen LogP contribution in [-0.2, 0) is 9.59 Å². The molecule has 0 atom stereocenters. The Morgan fingerprint density at radius 3 is 2.48 bits per heavy atom. The van der Waals surface area contributed by atoms with Crippen molar-refractivity contribution < 1.29 is 14.3 Å². The summed E-state index contributed by atoms with van der Waals surface area (Å²) in [6, 6.07) is 5.31. The van der Waals surface area contributed by atoms with Crippen molar-refractivity contribution in [2.24, 2.45) is 0 Å². The van der Waals surface area contributed by atoms with Gasteiger partial charge in [-0.2, -0.15) is 0 Å². The van der Waals surface area contributed by atoms with E-state index in [1.165, 1.54) is 0 Å². The molecule has 126 valence electrons. The number of carbonyl (C=O) groups is 2. The van der Waals surface area contributed by atoms with E-state index >= 15 is 0 Å². The molecule has 0 saturated carbocycles. The molecule has 1 aliphatic heterocycles. The standard InChI is InChI=1S/C16H22ClN3O3/c1-12(21)19-7-9-20(10-8-19)16(22)5-6-18-14-11-13(17)3-4-15(14)23-2/h3-4,11,18H,5-10H2,1-2H3. The van der Waals surface area contributed by atoms with Gasteiger partial charge in [-0.15, -0.1) is 0 Å². The van der Waals surface area contributed by atoms with Crippen LogP contribution in [0.2, 0.25) is 5.02 Å². The Morgan fingerprint density at radius 1 is 1.22 bits per heavy atom. The SMILES string of the molecule is COc1ccc(Cl)cc1NCCC(=O)N1CCN(C(C)=O)CC1. The van der Waals surface area contributed by atoms with E-state index in [0.717, 1.165) is 5.69 Å². The lowest BCUT2D eigenvalue weighted by Crippen LogP contribution is -2.50. The summed E-state index contributed by atoms with van der Waals surface area (Å²) in [5.41, 5.74) is 0.772. The van der Waals surface area contributed by atoms with Crippen molar-refractivity contribution in [1.82, 2.24) is 9.80 Å². The first-order valence-corrected chi connectivity index (χ1v) is 7.99. The molecule has 1 saturated heterocycles. The van der Waals surface area contributed by atoms with Crippen molar-refractivity contribution in [1.29, 1.82) is 0 Å². The highest BCUT2D eigenvalue weighted by Crippen LogP contribution is 2.27. The Hall–Kier alpha value is -1.95. The summed E-state index contributed by atoms with van der Waals surface area (Å²) < 4.78 is 5.25. The Bertz CT molecular complexity index is 572. The molecule has 0 bridgehead atoms. The second kappa shape index (κ2) is 8.06. The number of rotatable bonds is 5. The fourth-order valence-electron chi connectivity index (χ4n) is 2.55. The summed E-state index contributed by atoms with van der Waals surface area (Å²) in [6.45, 7) is 4.47. The van der Waals surface area contributed by atoms with Gasteiger partial charge >= 0.3 is 0 Å². The molecule has 1 aliphatic rings. The summed E-state index contributed by atoms with van der Waals surface area (Å²) in [6.07, 6.45) is 0.385. The van der Waals surface area contributed by atoms with Crippen molar-refractivity contribution >= 4 is 29.1 Å². The van der Waals surface area contributed by atoms with Crippen LogP contribution in [0, 0.1) is 0 Å². The van der Waals surface area contributed by atoms with Crippen LogP contribution in [0.15, 0.2) is 18.2 Å². The second-order valence-electron chi connectivity index (χ2n) is 5.41. The van der Waals surface area contributed by atoms with Crippen LogP contribution in [0.1, 0.15) is 13.3 Å². The summed E-state index contributed by atoms with van der Waals surface area (Å²) >= 11 is 5.97. The molecule has 6 nitrogen and oxygen atoms in total. The maximum Gasteiger partial charge on any atom is 0.224 e. The van der Waals surface area contributed by atoms with Gasteiger partial charge < -0.3 is 19.9 Å². The number of anilines is 1. The average Bonchev–Trinajstić information content (AvgIpc) is 2.55. The molecule has 2 rings (SSSR count). The first-order valence-electron chi connectivity index (χ1n) is 7.62. The third kappa shape index (κ3) is 4.76. The fraction of sp³-hybridized carbons (Fsp3) is 0.500. The van der Waals surface area contributed by atoms with Gasteiger partial charge in [-0.1, -0.05) is 11.6 Å². The molecular weight excluding hydrogens is 318 g/mol. The molecule has 0 aliphatic carbocycles.